The molecule has 1 aliphatic rings. The Labute approximate surface area is 240 Å². The third kappa shape index (κ3) is 6.69. The maximum Gasteiger partial charge on any atom is 0.229 e. The van der Waals surface area contributed by atoms with E-state index in [9.17, 15) is 4.79 Å². The summed E-state index contributed by atoms with van der Waals surface area (Å²) in [6.07, 6.45) is 3.46. The van der Waals surface area contributed by atoms with Gasteiger partial charge in [0.25, 0.3) is 0 Å². The van der Waals surface area contributed by atoms with Gasteiger partial charge in [-0.3, -0.25) is 4.79 Å². The maximum absolute atomic E-state index is 13.1. The summed E-state index contributed by atoms with van der Waals surface area (Å²) in [7, 11) is 4.71. The molecule has 9 nitrogen and oxygen atoms in total. The molecule has 0 spiro atoms. The Bertz CT molecular complexity index is 1440. The molecule has 212 valence electrons. The first-order chi connectivity index (χ1) is 20.1. The number of hydrogen-bond donors (Lipinski definition) is 2. The van der Waals surface area contributed by atoms with E-state index in [1.807, 2.05) is 24.3 Å². The van der Waals surface area contributed by atoms with Crippen molar-refractivity contribution in [2.75, 3.05) is 44.6 Å². The molecule has 41 heavy (non-hydrogen) atoms. The SMILES string of the molecule is COc1cc(Nc2nccc(N3CCC[C@H](C(=O)NCc4ccc(-c5ccccc5)cc4)C3)n2)cc(OC)c1OC. The summed E-state index contributed by atoms with van der Waals surface area (Å²) in [6, 6.07) is 24.1. The van der Waals surface area contributed by atoms with Crippen molar-refractivity contribution in [3.8, 4) is 28.4 Å². The lowest BCUT2D eigenvalue weighted by Crippen LogP contribution is -2.43. The van der Waals surface area contributed by atoms with Crippen LogP contribution in [-0.4, -0.2) is 50.3 Å². The van der Waals surface area contributed by atoms with E-state index in [0.29, 0.717) is 42.0 Å². The van der Waals surface area contributed by atoms with Crippen molar-refractivity contribution in [3.63, 3.8) is 0 Å². The number of piperidine rings is 1. The summed E-state index contributed by atoms with van der Waals surface area (Å²) in [5, 5.41) is 6.36. The molecular weight excluding hydrogens is 518 g/mol. The molecule has 0 radical (unpaired) electrons. The third-order valence-electron chi connectivity index (χ3n) is 7.21. The Kier molecular flexibility index (Phi) is 8.83. The molecular formula is C32H35N5O4. The van der Waals surface area contributed by atoms with Crippen LogP contribution in [-0.2, 0) is 11.3 Å². The second-order valence-electron chi connectivity index (χ2n) is 9.84. The second kappa shape index (κ2) is 13.0. The van der Waals surface area contributed by atoms with Gasteiger partial charge >= 0.3 is 0 Å². The van der Waals surface area contributed by atoms with Crippen LogP contribution in [0.1, 0.15) is 18.4 Å². The summed E-state index contributed by atoms with van der Waals surface area (Å²) in [6.45, 7) is 1.92. The van der Waals surface area contributed by atoms with Crippen LogP contribution in [0.5, 0.6) is 17.2 Å². The third-order valence-corrected chi connectivity index (χ3v) is 7.21. The zero-order chi connectivity index (χ0) is 28.6. The Morgan fingerprint density at radius 1 is 0.927 bits per heavy atom. The largest absolute Gasteiger partial charge is 0.493 e. The number of rotatable bonds is 10. The number of ether oxygens (including phenoxy) is 3. The summed E-state index contributed by atoms with van der Waals surface area (Å²) >= 11 is 0. The highest BCUT2D eigenvalue weighted by Gasteiger charge is 2.26. The van der Waals surface area contributed by atoms with Gasteiger partial charge in [-0.15, -0.1) is 0 Å². The van der Waals surface area contributed by atoms with Gasteiger partial charge < -0.3 is 29.7 Å². The second-order valence-corrected chi connectivity index (χ2v) is 9.84. The van der Waals surface area contributed by atoms with Crippen molar-refractivity contribution < 1.29 is 19.0 Å². The normalized spacial score (nSPS) is 14.7. The highest BCUT2D eigenvalue weighted by Crippen LogP contribution is 2.40. The number of carbonyl (C=O) groups excluding carboxylic acids is 1. The number of hydrogen-bond acceptors (Lipinski definition) is 8. The van der Waals surface area contributed by atoms with Gasteiger partial charge in [0.05, 0.1) is 27.2 Å². The first-order valence-electron chi connectivity index (χ1n) is 13.6. The van der Waals surface area contributed by atoms with E-state index >= 15 is 0 Å². The van der Waals surface area contributed by atoms with Crippen LogP contribution in [0.15, 0.2) is 79.0 Å². The highest BCUT2D eigenvalue weighted by atomic mass is 16.5. The first-order valence-corrected chi connectivity index (χ1v) is 13.6. The van der Waals surface area contributed by atoms with E-state index < -0.39 is 0 Å². The van der Waals surface area contributed by atoms with Gasteiger partial charge in [0, 0.05) is 43.7 Å². The van der Waals surface area contributed by atoms with Gasteiger partial charge in [0.2, 0.25) is 17.6 Å². The number of benzene rings is 3. The fourth-order valence-corrected chi connectivity index (χ4v) is 5.05. The summed E-state index contributed by atoms with van der Waals surface area (Å²) in [5.41, 5.74) is 4.11. The molecule has 2 heterocycles. The first kappa shape index (κ1) is 27.8. The standard InChI is InChI=1S/C32H35N5O4/c1-39-27-18-26(19-28(40-2)30(27)41-3)35-32-33-16-15-29(36-32)37-17-7-10-25(21-37)31(38)34-20-22-11-13-24(14-12-22)23-8-5-4-6-9-23/h4-6,8-9,11-16,18-19,25H,7,10,17,20-21H2,1-3H3,(H,34,38)(H,33,35,36)/t25-/m0/s1. The molecule has 3 aromatic carbocycles. The Morgan fingerprint density at radius 3 is 2.32 bits per heavy atom. The molecule has 1 aliphatic heterocycles. The van der Waals surface area contributed by atoms with Gasteiger partial charge in [0.1, 0.15) is 5.82 Å². The van der Waals surface area contributed by atoms with Crippen LogP contribution in [0.4, 0.5) is 17.5 Å². The maximum atomic E-state index is 13.1. The number of anilines is 3. The molecule has 1 saturated heterocycles. The smallest absolute Gasteiger partial charge is 0.229 e. The van der Waals surface area contributed by atoms with Crippen LogP contribution in [0, 0.1) is 5.92 Å². The predicted octanol–water partition coefficient (Wildman–Crippen LogP) is 5.45. The zero-order valence-electron chi connectivity index (χ0n) is 23.6. The van der Waals surface area contributed by atoms with Crippen LogP contribution in [0.25, 0.3) is 11.1 Å². The number of nitrogens with zero attached hydrogens (tertiary/aromatic N) is 3. The van der Waals surface area contributed by atoms with E-state index in [4.69, 9.17) is 19.2 Å². The van der Waals surface area contributed by atoms with Gasteiger partial charge in [-0.2, -0.15) is 4.98 Å². The molecule has 1 aromatic heterocycles. The van der Waals surface area contributed by atoms with Gasteiger partial charge in [-0.25, -0.2) is 4.98 Å². The van der Waals surface area contributed by atoms with Crippen LogP contribution in [0.2, 0.25) is 0 Å². The molecule has 4 aromatic rings. The van der Waals surface area contributed by atoms with E-state index in [0.717, 1.165) is 36.3 Å². The summed E-state index contributed by atoms with van der Waals surface area (Å²) < 4.78 is 16.3. The Balaban J connectivity index is 1.20. The number of nitrogens with one attached hydrogen (secondary N) is 2. The molecule has 0 saturated carbocycles. The number of methoxy groups -OCH3 is 3. The van der Waals surface area contributed by atoms with Crippen molar-refractivity contribution >= 4 is 23.4 Å². The molecule has 0 unspecified atom stereocenters. The van der Waals surface area contributed by atoms with E-state index in [1.54, 1.807) is 39.7 Å². The quantitative estimate of drug-likeness (QED) is 0.268. The minimum atomic E-state index is -0.117. The molecule has 0 bridgehead atoms. The van der Waals surface area contributed by atoms with Crippen molar-refractivity contribution in [2.24, 2.45) is 5.92 Å². The summed E-state index contributed by atoms with van der Waals surface area (Å²) in [4.78, 5) is 24.4. The van der Waals surface area contributed by atoms with Crippen LogP contribution < -0.4 is 29.7 Å². The van der Waals surface area contributed by atoms with E-state index in [2.05, 4.69) is 56.9 Å². The average Bonchev–Trinajstić information content (AvgIpc) is 3.04. The van der Waals surface area contributed by atoms with Crippen molar-refractivity contribution in [3.05, 3.63) is 84.6 Å². The Morgan fingerprint density at radius 2 is 1.63 bits per heavy atom. The number of carbonyl (C=O) groups is 1. The van der Waals surface area contributed by atoms with Gasteiger partial charge in [-0.1, -0.05) is 54.6 Å². The minimum Gasteiger partial charge on any atom is -0.493 e. The highest BCUT2D eigenvalue weighted by molar-refractivity contribution is 5.79. The van der Waals surface area contributed by atoms with Crippen molar-refractivity contribution in [1.82, 2.24) is 15.3 Å². The lowest BCUT2D eigenvalue weighted by molar-refractivity contribution is -0.125. The van der Waals surface area contributed by atoms with Gasteiger partial charge in [-0.05, 0) is 35.6 Å². The monoisotopic (exact) mass is 553 g/mol. The molecule has 1 fully saturated rings. The van der Waals surface area contributed by atoms with E-state index in [-0.39, 0.29) is 11.8 Å². The lowest BCUT2D eigenvalue weighted by Gasteiger charge is -2.33. The van der Waals surface area contributed by atoms with Crippen molar-refractivity contribution in [1.29, 1.82) is 0 Å². The van der Waals surface area contributed by atoms with Crippen molar-refractivity contribution in [2.45, 2.75) is 19.4 Å². The van der Waals surface area contributed by atoms with Crippen LogP contribution >= 0.6 is 0 Å². The van der Waals surface area contributed by atoms with E-state index in [1.165, 1.54) is 5.56 Å². The summed E-state index contributed by atoms with van der Waals surface area (Å²) in [5.74, 6) is 2.72. The number of aromatic nitrogens is 2. The molecule has 5 rings (SSSR count). The topological polar surface area (TPSA) is 97.8 Å². The molecule has 1 amide bonds. The lowest BCUT2D eigenvalue weighted by atomic mass is 9.97. The number of amides is 1. The van der Waals surface area contributed by atoms with Gasteiger partial charge in [0.15, 0.2) is 11.5 Å². The Hall–Kier alpha value is -4.79. The predicted molar refractivity (Wildman–Crippen MR) is 160 cm³/mol. The zero-order valence-corrected chi connectivity index (χ0v) is 23.6. The molecule has 2 N–H and O–H groups in total. The average molecular weight is 554 g/mol. The molecule has 0 aliphatic carbocycles. The minimum absolute atomic E-state index is 0.0617. The molecule has 9 heteroatoms. The fraction of sp³-hybridized carbons (Fsp3) is 0.281. The fourth-order valence-electron chi connectivity index (χ4n) is 5.05. The molecule has 1 atom stereocenters. The van der Waals surface area contributed by atoms with Crippen LogP contribution in [0.3, 0.4) is 0 Å².